The van der Waals surface area contributed by atoms with Gasteiger partial charge < -0.3 is 14.5 Å². The highest BCUT2D eigenvalue weighted by Crippen LogP contribution is 2.22. The number of aromatic nitrogens is 1. The van der Waals surface area contributed by atoms with Crippen LogP contribution in [0.25, 0.3) is 11.1 Å². The number of rotatable bonds is 3. The molecule has 0 radical (unpaired) electrons. The van der Waals surface area contributed by atoms with E-state index in [0.717, 1.165) is 0 Å². The Morgan fingerprint density at radius 1 is 1.15 bits per heavy atom. The standard InChI is InChI=1S/C17H15N3O5S/c21-17(19-13-3-6-16-15(9-13)18-10-25-16)12-1-4-14(5-2-12)20-7-8-24-11-26(20,22)23/h1-6,9-10H,7-8,11H2,(H,19,21). The van der Waals surface area contributed by atoms with Gasteiger partial charge in [-0.3, -0.25) is 9.10 Å². The first kappa shape index (κ1) is 16.6. The van der Waals surface area contributed by atoms with Crippen molar-refractivity contribution >= 4 is 38.4 Å². The van der Waals surface area contributed by atoms with Crippen LogP contribution in [0, 0.1) is 0 Å². The molecule has 1 aromatic heterocycles. The summed E-state index contributed by atoms with van der Waals surface area (Å²) in [4.78, 5) is 16.4. The van der Waals surface area contributed by atoms with Gasteiger partial charge in [-0.25, -0.2) is 13.4 Å². The van der Waals surface area contributed by atoms with Gasteiger partial charge in [-0.05, 0) is 42.5 Å². The molecule has 1 fully saturated rings. The Morgan fingerprint density at radius 3 is 2.73 bits per heavy atom. The molecule has 1 amide bonds. The van der Waals surface area contributed by atoms with Gasteiger partial charge in [0, 0.05) is 11.3 Å². The third-order valence-electron chi connectivity index (χ3n) is 4.01. The van der Waals surface area contributed by atoms with Gasteiger partial charge in [0.1, 0.15) is 5.52 Å². The number of carbonyl (C=O) groups excluding carboxylic acids is 1. The first-order chi connectivity index (χ1) is 12.5. The van der Waals surface area contributed by atoms with E-state index in [1.165, 1.54) is 10.7 Å². The van der Waals surface area contributed by atoms with E-state index in [0.29, 0.717) is 34.6 Å². The maximum absolute atomic E-state index is 12.4. The van der Waals surface area contributed by atoms with Crippen LogP contribution >= 0.6 is 0 Å². The van der Waals surface area contributed by atoms with Crippen molar-refractivity contribution in [1.82, 2.24) is 4.98 Å². The fraction of sp³-hybridized carbons (Fsp3) is 0.176. The van der Waals surface area contributed by atoms with Gasteiger partial charge in [-0.15, -0.1) is 0 Å². The summed E-state index contributed by atoms with van der Waals surface area (Å²) in [6.45, 7) is 0.595. The van der Waals surface area contributed by atoms with Gasteiger partial charge in [-0.1, -0.05) is 0 Å². The van der Waals surface area contributed by atoms with Crippen molar-refractivity contribution in [3.63, 3.8) is 0 Å². The number of ether oxygens (including phenoxy) is 1. The van der Waals surface area contributed by atoms with Crippen molar-refractivity contribution < 1.29 is 22.4 Å². The monoisotopic (exact) mass is 373 g/mol. The molecule has 9 heteroatoms. The number of oxazole rings is 1. The number of hydrogen-bond acceptors (Lipinski definition) is 6. The zero-order valence-electron chi connectivity index (χ0n) is 13.6. The van der Waals surface area contributed by atoms with Crippen LogP contribution in [0.2, 0.25) is 0 Å². The molecule has 1 saturated heterocycles. The summed E-state index contributed by atoms with van der Waals surface area (Å²) < 4.78 is 35.5. The second-order valence-corrected chi connectivity index (χ2v) is 7.59. The molecule has 3 aromatic rings. The van der Waals surface area contributed by atoms with Crippen molar-refractivity contribution in [2.75, 3.05) is 28.7 Å². The number of fused-ring (bicyclic) bond motifs is 1. The number of sulfonamides is 1. The van der Waals surface area contributed by atoms with E-state index in [4.69, 9.17) is 9.15 Å². The fourth-order valence-corrected chi connectivity index (χ4v) is 3.97. The summed E-state index contributed by atoms with van der Waals surface area (Å²) in [5, 5.41) is 2.78. The number of amides is 1. The van der Waals surface area contributed by atoms with Gasteiger partial charge >= 0.3 is 0 Å². The second-order valence-electron chi connectivity index (χ2n) is 5.75. The lowest BCUT2D eigenvalue weighted by Crippen LogP contribution is -2.41. The minimum atomic E-state index is -3.48. The lowest BCUT2D eigenvalue weighted by molar-refractivity contribution is 0.102. The van der Waals surface area contributed by atoms with E-state index in [9.17, 15) is 13.2 Å². The highest BCUT2D eigenvalue weighted by molar-refractivity contribution is 7.92. The van der Waals surface area contributed by atoms with Gasteiger partial charge in [0.15, 0.2) is 17.9 Å². The van der Waals surface area contributed by atoms with Crippen molar-refractivity contribution in [2.24, 2.45) is 0 Å². The smallest absolute Gasteiger partial charge is 0.259 e. The maximum Gasteiger partial charge on any atom is 0.259 e. The number of nitrogens with one attached hydrogen (secondary N) is 1. The zero-order valence-corrected chi connectivity index (χ0v) is 14.4. The summed E-state index contributed by atoms with van der Waals surface area (Å²) >= 11 is 0. The molecule has 0 unspecified atom stereocenters. The zero-order chi connectivity index (χ0) is 18.1. The molecule has 8 nitrogen and oxygen atoms in total. The molecule has 2 aromatic carbocycles. The molecule has 0 atom stereocenters. The Kier molecular flexibility index (Phi) is 4.09. The first-order valence-corrected chi connectivity index (χ1v) is 9.47. The van der Waals surface area contributed by atoms with Crippen molar-refractivity contribution in [2.45, 2.75) is 0 Å². The lowest BCUT2D eigenvalue weighted by atomic mass is 10.2. The normalized spacial score (nSPS) is 16.5. The lowest BCUT2D eigenvalue weighted by Gasteiger charge is -2.28. The summed E-state index contributed by atoms with van der Waals surface area (Å²) in [7, 11) is -3.48. The largest absolute Gasteiger partial charge is 0.443 e. The molecule has 4 rings (SSSR count). The Morgan fingerprint density at radius 2 is 1.96 bits per heavy atom. The van der Waals surface area contributed by atoms with E-state index in [2.05, 4.69) is 10.3 Å². The Bertz CT molecular complexity index is 1060. The maximum atomic E-state index is 12.4. The van der Waals surface area contributed by atoms with Crippen LogP contribution in [0.1, 0.15) is 10.4 Å². The molecule has 0 aliphatic carbocycles. The number of hydrogen-bond donors (Lipinski definition) is 1. The number of nitrogens with zero attached hydrogens (tertiary/aromatic N) is 2. The van der Waals surface area contributed by atoms with Gasteiger partial charge in [-0.2, -0.15) is 0 Å². The molecule has 1 aliphatic heterocycles. The Labute approximate surface area is 149 Å². The van der Waals surface area contributed by atoms with Crippen LogP contribution in [0.15, 0.2) is 53.3 Å². The van der Waals surface area contributed by atoms with Crippen LogP contribution in [0.3, 0.4) is 0 Å². The Balaban J connectivity index is 1.51. The van der Waals surface area contributed by atoms with E-state index < -0.39 is 10.0 Å². The molecule has 134 valence electrons. The molecule has 1 aliphatic rings. The second kappa shape index (κ2) is 6.43. The predicted octanol–water partition coefficient (Wildman–Crippen LogP) is 2.20. The van der Waals surface area contributed by atoms with E-state index in [1.807, 2.05) is 0 Å². The van der Waals surface area contributed by atoms with Crippen molar-refractivity contribution in [3.05, 3.63) is 54.4 Å². The van der Waals surface area contributed by atoms with Gasteiger partial charge in [0.05, 0.1) is 18.8 Å². The van der Waals surface area contributed by atoms with Crippen molar-refractivity contribution in [1.29, 1.82) is 0 Å². The molecule has 0 bridgehead atoms. The van der Waals surface area contributed by atoms with E-state index >= 15 is 0 Å². The van der Waals surface area contributed by atoms with Crippen LogP contribution in [-0.2, 0) is 14.8 Å². The highest BCUT2D eigenvalue weighted by atomic mass is 32.2. The average Bonchev–Trinajstić information content (AvgIpc) is 3.09. The number of benzene rings is 2. The molecular weight excluding hydrogens is 358 g/mol. The van der Waals surface area contributed by atoms with E-state index in [-0.39, 0.29) is 18.4 Å². The van der Waals surface area contributed by atoms with Gasteiger partial charge in [0.25, 0.3) is 15.9 Å². The third kappa shape index (κ3) is 3.14. The summed E-state index contributed by atoms with van der Waals surface area (Å²) in [5.74, 6) is -0.635. The average molecular weight is 373 g/mol. The summed E-state index contributed by atoms with van der Waals surface area (Å²) in [5.41, 5.74) is 2.81. The van der Waals surface area contributed by atoms with Crippen LogP contribution < -0.4 is 9.62 Å². The minimum Gasteiger partial charge on any atom is -0.443 e. The first-order valence-electron chi connectivity index (χ1n) is 7.86. The molecule has 0 saturated carbocycles. The van der Waals surface area contributed by atoms with Crippen LogP contribution in [0.4, 0.5) is 11.4 Å². The third-order valence-corrected chi connectivity index (χ3v) is 5.54. The SMILES string of the molecule is O=C(Nc1ccc2ocnc2c1)c1ccc(N2CCOCS2(=O)=O)cc1. The molecule has 2 heterocycles. The number of anilines is 2. The number of carbonyl (C=O) groups is 1. The quantitative estimate of drug-likeness (QED) is 0.755. The van der Waals surface area contributed by atoms with Crippen LogP contribution in [0.5, 0.6) is 0 Å². The van der Waals surface area contributed by atoms with E-state index in [1.54, 1.807) is 42.5 Å². The molecule has 1 N–H and O–H groups in total. The topological polar surface area (TPSA) is 102 Å². The fourth-order valence-electron chi connectivity index (χ4n) is 2.72. The summed E-state index contributed by atoms with van der Waals surface area (Å²) in [6.07, 6.45) is 1.34. The van der Waals surface area contributed by atoms with Crippen LogP contribution in [-0.4, -0.2) is 38.4 Å². The highest BCUT2D eigenvalue weighted by Gasteiger charge is 2.26. The molecular formula is C17H15N3O5S. The summed E-state index contributed by atoms with van der Waals surface area (Å²) in [6, 6.07) is 11.6. The predicted molar refractivity (Wildman–Crippen MR) is 95.5 cm³/mol. The molecule has 0 spiro atoms. The minimum absolute atomic E-state index is 0.256. The Hall–Kier alpha value is -2.91. The van der Waals surface area contributed by atoms with Crippen molar-refractivity contribution in [3.8, 4) is 0 Å². The molecule has 26 heavy (non-hydrogen) atoms. The van der Waals surface area contributed by atoms with Gasteiger partial charge in [0.2, 0.25) is 0 Å².